The van der Waals surface area contributed by atoms with Crippen LogP contribution in [0.5, 0.6) is 23.0 Å². The van der Waals surface area contributed by atoms with Crippen molar-refractivity contribution in [1.29, 1.82) is 0 Å². The number of amides is 1. The first-order valence-corrected chi connectivity index (χ1v) is 9.48. The lowest BCUT2D eigenvalue weighted by molar-refractivity contribution is -0.111. The van der Waals surface area contributed by atoms with E-state index < -0.39 is 0 Å². The van der Waals surface area contributed by atoms with Crippen LogP contribution in [0.25, 0.3) is 6.08 Å². The summed E-state index contributed by atoms with van der Waals surface area (Å²) < 4.78 is 21.6. The second kappa shape index (κ2) is 11.0. The molecule has 6 heteroatoms. The summed E-state index contributed by atoms with van der Waals surface area (Å²) in [5.74, 6) is 2.80. The van der Waals surface area contributed by atoms with Crippen LogP contribution >= 0.6 is 0 Å². The van der Waals surface area contributed by atoms with Crippen molar-refractivity contribution in [2.45, 2.75) is 20.3 Å². The number of carbonyl (C=O) groups excluding carboxylic acids is 1. The highest BCUT2D eigenvalue weighted by atomic mass is 16.5. The summed E-state index contributed by atoms with van der Waals surface area (Å²) in [6, 6.07) is 10.8. The Hall–Kier alpha value is -3.15. The molecule has 2 aromatic carbocycles. The Morgan fingerprint density at radius 1 is 0.931 bits per heavy atom. The molecular weight excluding hydrogens is 370 g/mol. The van der Waals surface area contributed by atoms with Crippen LogP contribution in [0.1, 0.15) is 25.8 Å². The van der Waals surface area contributed by atoms with Crippen LogP contribution in [0.2, 0.25) is 0 Å². The third-order valence-electron chi connectivity index (χ3n) is 4.22. The van der Waals surface area contributed by atoms with Gasteiger partial charge in [-0.25, -0.2) is 0 Å². The predicted octanol–water partition coefficient (Wildman–Crippen LogP) is 4.79. The van der Waals surface area contributed by atoms with Gasteiger partial charge in [-0.1, -0.05) is 19.9 Å². The van der Waals surface area contributed by atoms with Crippen molar-refractivity contribution in [2.75, 3.05) is 33.3 Å². The Balaban J connectivity index is 2.02. The van der Waals surface area contributed by atoms with Crippen LogP contribution in [0.3, 0.4) is 0 Å². The molecule has 0 bridgehead atoms. The fourth-order valence-corrected chi connectivity index (χ4v) is 2.58. The van der Waals surface area contributed by atoms with Crippen molar-refractivity contribution >= 4 is 17.7 Å². The molecule has 2 rings (SSSR count). The summed E-state index contributed by atoms with van der Waals surface area (Å²) in [6.45, 7) is 4.94. The molecule has 0 aliphatic carbocycles. The Labute approximate surface area is 172 Å². The molecule has 2 aromatic rings. The number of ether oxygens (including phenoxy) is 4. The number of rotatable bonds is 10. The molecule has 0 unspecified atom stereocenters. The number of benzene rings is 2. The molecule has 29 heavy (non-hydrogen) atoms. The van der Waals surface area contributed by atoms with Gasteiger partial charge in [0, 0.05) is 17.8 Å². The summed E-state index contributed by atoms with van der Waals surface area (Å²) in [6.07, 6.45) is 4.16. The molecule has 0 atom stereocenters. The first-order chi connectivity index (χ1) is 14.0. The van der Waals surface area contributed by atoms with Crippen LogP contribution in [-0.4, -0.2) is 33.8 Å². The minimum Gasteiger partial charge on any atom is -0.493 e. The highest BCUT2D eigenvalue weighted by Crippen LogP contribution is 2.30. The molecule has 1 amide bonds. The quantitative estimate of drug-likeness (QED) is 0.582. The zero-order chi connectivity index (χ0) is 21.2. The van der Waals surface area contributed by atoms with E-state index >= 15 is 0 Å². The number of hydrogen-bond donors (Lipinski definition) is 1. The normalized spacial score (nSPS) is 10.8. The summed E-state index contributed by atoms with van der Waals surface area (Å²) in [4.78, 5) is 12.2. The van der Waals surface area contributed by atoms with Gasteiger partial charge in [0.1, 0.15) is 0 Å². The third kappa shape index (κ3) is 6.75. The van der Waals surface area contributed by atoms with Gasteiger partial charge in [-0.2, -0.15) is 0 Å². The number of carbonyl (C=O) groups is 1. The highest BCUT2D eigenvalue weighted by Gasteiger charge is 2.07. The zero-order valence-electron chi connectivity index (χ0n) is 17.7. The number of anilines is 1. The Bertz CT molecular complexity index is 845. The maximum absolute atomic E-state index is 12.2. The molecule has 156 valence electrons. The van der Waals surface area contributed by atoms with Crippen molar-refractivity contribution in [3.05, 3.63) is 48.0 Å². The molecule has 1 N–H and O–H groups in total. The van der Waals surface area contributed by atoms with Crippen molar-refractivity contribution in [1.82, 2.24) is 0 Å². The lowest BCUT2D eigenvalue weighted by Crippen LogP contribution is -2.08. The van der Waals surface area contributed by atoms with E-state index in [2.05, 4.69) is 19.2 Å². The zero-order valence-corrected chi connectivity index (χ0v) is 17.7. The molecule has 0 radical (unpaired) electrons. The average Bonchev–Trinajstić information content (AvgIpc) is 2.72. The number of hydrogen-bond acceptors (Lipinski definition) is 5. The van der Waals surface area contributed by atoms with E-state index in [9.17, 15) is 4.79 Å². The Morgan fingerprint density at radius 3 is 2.24 bits per heavy atom. The molecule has 0 spiro atoms. The molecule has 6 nitrogen and oxygen atoms in total. The van der Waals surface area contributed by atoms with E-state index in [0.717, 1.165) is 12.0 Å². The molecule has 0 aromatic heterocycles. The fourth-order valence-electron chi connectivity index (χ4n) is 2.58. The van der Waals surface area contributed by atoms with Gasteiger partial charge in [0.25, 0.3) is 0 Å². The van der Waals surface area contributed by atoms with Gasteiger partial charge in [0.15, 0.2) is 23.0 Å². The summed E-state index contributed by atoms with van der Waals surface area (Å²) in [5, 5.41) is 2.80. The lowest BCUT2D eigenvalue weighted by Gasteiger charge is -2.12. The van der Waals surface area contributed by atoms with Gasteiger partial charge >= 0.3 is 0 Å². The summed E-state index contributed by atoms with van der Waals surface area (Å²) >= 11 is 0. The van der Waals surface area contributed by atoms with Gasteiger partial charge in [-0.3, -0.25) is 4.79 Å². The number of methoxy groups -OCH3 is 3. The predicted molar refractivity (Wildman–Crippen MR) is 115 cm³/mol. The van der Waals surface area contributed by atoms with E-state index in [1.54, 1.807) is 45.6 Å². The van der Waals surface area contributed by atoms with Gasteiger partial charge in [-0.05, 0) is 48.2 Å². The maximum atomic E-state index is 12.2. The molecule has 0 saturated carbocycles. The lowest BCUT2D eigenvalue weighted by atomic mass is 10.1. The van der Waals surface area contributed by atoms with Gasteiger partial charge in [0.05, 0.1) is 27.9 Å². The number of nitrogens with one attached hydrogen (secondary N) is 1. The van der Waals surface area contributed by atoms with Crippen molar-refractivity contribution in [2.24, 2.45) is 5.92 Å². The largest absolute Gasteiger partial charge is 0.493 e. The van der Waals surface area contributed by atoms with Crippen LogP contribution in [-0.2, 0) is 4.79 Å². The van der Waals surface area contributed by atoms with E-state index in [-0.39, 0.29) is 5.91 Å². The van der Waals surface area contributed by atoms with E-state index in [1.165, 1.54) is 6.08 Å². The van der Waals surface area contributed by atoms with Crippen LogP contribution in [0.4, 0.5) is 5.69 Å². The topological polar surface area (TPSA) is 66.0 Å². The minimum absolute atomic E-state index is 0.256. The standard InChI is InChI=1S/C23H29NO5/c1-16(2)12-13-29-20-9-6-17(14-21(20)27-4)7-11-23(25)24-18-8-10-19(26-3)22(15-18)28-5/h6-11,14-16H,12-13H2,1-5H3,(H,24,25). The molecular formula is C23H29NO5. The Kier molecular flexibility index (Phi) is 8.40. The van der Waals surface area contributed by atoms with Gasteiger partial charge in [0.2, 0.25) is 5.91 Å². The first kappa shape index (κ1) is 22.1. The highest BCUT2D eigenvalue weighted by molar-refractivity contribution is 6.02. The van der Waals surface area contributed by atoms with E-state index in [4.69, 9.17) is 18.9 Å². The summed E-state index contributed by atoms with van der Waals surface area (Å²) in [7, 11) is 4.71. The van der Waals surface area contributed by atoms with Gasteiger partial charge in [-0.15, -0.1) is 0 Å². The summed E-state index contributed by atoms with van der Waals surface area (Å²) in [5.41, 5.74) is 1.45. The fraction of sp³-hybridized carbons (Fsp3) is 0.348. The Morgan fingerprint density at radius 2 is 1.59 bits per heavy atom. The third-order valence-corrected chi connectivity index (χ3v) is 4.22. The smallest absolute Gasteiger partial charge is 0.248 e. The van der Waals surface area contributed by atoms with Gasteiger partial charge < -0.3 is 24.3 Å². The van der Waals surface area contributed by atoms with Crippen LogP contribution in [0, 0.1) is 5.92 Å². The van der Waals surface area contributed by atoms with Crippen molar-refractivity contribution < 1.29 is 23.7 Å². The molecule has 0 aliphatic heterocycles. The second-order valence-electron chi connectivity index (χ2n) is 6.83. The second-order valence-corrected chi connectivity index (χ2v) is 6.83. The maximum Gasteiger partial charge on any atom is 0.248 e. The molecule has 0 fully saturated rings. The minimum atomic E-state index is -0.256. The first-order valence-electron chi connectivity index (χ1n) is 9.48. The van der Waals surface area contributed by atoms with E-state index in [1.807, 2.05) is 18.2 Å². The van der Waals surface area contributed by atoms with Crippen molar-refractivity contribution in [3.63, 3.8) is 0 Å². The van der Waals surface area contributed by atoms with Crippen molar-refractivity contribution in [3.8, 4) is 23.0 Å². The van der Waals surface area contributed by atoms with Crippen LogP contribution in [0.15, 0.2) is 42.5 Å². The molecule has 0 saturated heterocycles. The average molecular weight is 399 g/mol. The van der Waals surface area contributed by atoms with E-state index in [0.29, 0.717) is 41.2 Å². The molecule has 0 aliphatic rings. The monoisotopic (exact) mass is 399 g/mol. The SMILES string of the molecule is COc1ccc(NC(=O)C=Cc2ccc(OCCC(C)C)c(OC)c2)cc1OC. The van der Waals surface area contributed by atoms with Crippen LogP contribution < -0.4 is 24.3 Å². The molecule has 0 heterocycles.